The summed E-state index contributed by atoms with van der Waals surface area (Å²) in [6.45, 7) is 6.64. The second-order valence-electron chi connectivity index (χ2n) is 11.3. The maximum Gasteiger partial charge on any atom is 0.297 e. The zero-order valence-electron chi connectivity index (χ0n) is 19.1. The predicted octanol–water partition coefficient (Wildman–Crippen LogP) is 5.68. The van der Waals surface area contributed by atoms with Gasteiger partial charge in [0, 0.05) is 11.8 Å². The SMILES string of the molecule is Cc1ccc(S(=O)(=O)O[C@@H]2CC[C@@]3(C)[C@@H](CC[C@H]4[C@H]3CC[C@]3(C)C(=O)CC[C@H]43)C2)cc1. The summed E-state index contributed by atoms with van der Waals surface area (Å²) < 4.78 is 31.4. The zero-order valence-corrected chi connectivity index (χ0v) is 19.9. The number of aryl methyl sites for hydroxylation is 1. The summed E-state index contributed by atoms with van der Waals surface area (Å²) in [4.78, 5) is 12.9. The van der Waals surface area contributed by atoms with E-state index >= 15 is 0 Å². The largest absolute Gasteiger partial charge is 0.299 e. The van der Waals surface area contributed by atoms with Gasteiger partial charge in [0.1, 0.15) is 5.78 Å². The molecule has 4 nitrogen and oxygen atoms in total. The Morgan fingerprint density at radius 1 is 0.935 bits per heavy atom. The molecule has 0 radical (unpaired) electrons. The summed E-state index contributed by atoms with van der Waals surface area (Å²) in [5, 5.41) is 0. The molecule has 0 bridgehead atoms. The maximum atomic E-state index is 12.8. The molecule has 1 aromatic rings. The molecule has 0 N–H and O–H groups in total. The van der Waals surface area contributed by atoms with E-state index in [2.05, 4.69) is 13.8 Å². The lowest BCUT2D eigenvalue weighted by Crippen LogP contribution is -2.54. The quantitative estimate of drug-likeness (QED) is 0.563. The Kier molecular flexibility index (Phi) is 5.17. The molecule has 0 amide bonds. The molecule has 0 unspecified atom stereocenters. The molecule has 5 rings (SSSR count). The molecule has 4 aliphatic carbocycles. The van der Waals surface area contributed by atoms with Crippen LogP contribution in [0.5, 0.6) is 0 Å². The minimum absolute atomic E-state index is 0.0766. The first kappa shape index (κ1) is 21.6. The van der Waals surface area contributed by atoms with Gasteiger partial charge in [0.2, 0.25) is 0 Å². The third-order valence-electron chi connectivity index (χ3n) is 9.90. The number of rotatable bonds is 3. The number of ketones is 1. The topological polar surface area (TPSA) is 60.4 Å². The van der Waals surface area contributed by atoms with Crippen molar-refractivity contribution in [2.45, 2.75) is 89.6 Å². The summed E-state index contributed by atoms with van der Waals surface area (Å²) in [5.74, 6) is 2.92. The van der Waals surface area contributed by atoms with E-state index in [0.29, 0.717) is 29.5 Å². The van der Waals surface area contributed by atoms with Gasteiger partial charge in [-0.05, 0) is 99.5 Å². The molecule has 4 aliphatic rings. The van der Waals surface area contributed by atoms with E-state index in [9.17, 15) is 13.2 Å². The number of carbonyl (C=O) groups excluding carboxylic acids is 1. The van der Waals surface area contributed by atoms with Crippen molar-refractivity contribution in [3.63, 3.8) is 0 Å². The van der Waals surface area contributed by atoms with Crippen molar-refractivity contribution in [1.82, 2.24) is 0 Å². The van der Waals surface area contributed by atoms with E-state index in [1.807, 2.05) is 19.1 Å². The molecule has 5 heteroatoms. The number of hydrogen-bond acceptors (Lipinski definition) is 4. The summed E-state index contributed by atoms with van der Waals surface area (Å²) >= 11 is 0. The van der Waals surface area contributed by atoms with E-state index in [0.717, 1.165) is 56.9 Å². The third kappa shape index (κ3) is 3.42. The number of Topliss-reactive ketones (excluding diaryl/α,β-unsaturated/α-hetero) is 1. The van der Waals surface area contributed by atoms with Crippen molar-refractivity contribution in [3.8, 4) is 0 Å². The van der Waals surface area contributed by atoms with Crippen LogP contribution >= 0.6 is 0 Å². The van der Waals surface area contributed by atoms with Gasteiger partial charge >= 0.3 is 0 Å². The second kappa shape index (κ2) is 7.41. The minimum Gasteiger partial charge on any atom is -0.299 e. The molecule has 1 aromatic carbocycles. The van der Waals surface area contributed by atoms with E-state index in [4.69, 9.17) is 4.18 Å². The van der Waals surface area contributed by atoms with Crippen LogP contribution in [-0.2, 0) is 19.1 Å². The van der Waals surface area contributed by atoms with Crippen molar-refractivity contribution in [3.05, 3.63) is 29.8 Å². The molecule has 170 valence electrons. The van der Waals surface area contributed by atoms with E-state index < -0.39 is 10.1 Å². The standard InChI is InChI=1S/C26H36O4S/c1-17-4-7-20(8-5-17)31(28,29)30-19-12-14-25(2)18(16-19)6-9-21-22-10-11-24(27)26(22,3)15-13-23(21)25/h4-5,7-8,18-19,21-23H,6,9-16H2,1-3H3/t18-,19+,21+,22+,23+,25-,26-/m0/s1. The van der Waals surface area contributed by atoms with Gasteiger partial charge in [-0.1, -0.05) is 31.5 Å². The summed E-state index contributed by atoms with van der Waals surface area (Å²) in [6, 6.07) is 6.93. The van der Waals surface area contributed by atoms with Crippen molar-refractivity contribution in [2.75, 3.05) is 0 Å². The first-order valence-electron chi connectivity index (χ1n) is 12.2. The van der Waals surface area contributed by atoms with Crippen molar-refractivity contribution in [1.29, 1.82) is 0 Å². The number of fused-ring (bicyclic) bond motifs is 5. The lowest BCUT2D eigenvalue weighted by atomic mass is 9.45. The highest BCUT2D eigenvalue weighted by Crippen LogP contribution is 2.65. The minimum atomic E-state index is -3.72. The average molecular weight is 445 g/mol. The average Bonchev–Trinajstić information content (AvgIpc) is 3.03. The van der Waals surface area contributed by atoms with Crippen molar-refractivity contribution < 1.29 is 17.4 Å². The van der Waals surface area contributed by atoms with Crippen LogP contribution in [0.25, 0.3) is 0 Å². The highest BCUT2D eigenvalue weighted by Gasteiger charge is 2.60. The Balaban J connectivity index is 1.30. The van der Waals surface area contributed by atoms with E-state index in [-0.39, 0.29) is 21.8 Å². The Hall–Kier alpha value is -1.20. The molecule has 31 heavy (non-hydrogen) atoms. The fourth-order valence-electron chi connectivity index (χ4n) is 8.02. The summed E-state index contributed by atoms with van der Waals surface area (Å²) in [6.07, 6.45) is 8.85. The Morgan fingerprint density at radius 3 is 2.42 bits per heavy atom. The van der Waals surface area contributed by atoms with Gasteiger partial charge in [-0.25, -0.2) is 0 Å². The fourth-order valence-corrected chi connectivity index (χ4v) is 9.13. The van der Waals surface area contributed by atoms with Crippen LogP contribution in [0.3, 0.4) is 0 Å². The Morgan fingerprint density at radius 2 is 1.68 bits per heavy atom. The molecule has 7 atom stereocenters. The monoisotopic (exact) mass is 444 g/mol. The summed E-state index contributed by atoms with van der Waals surface area (Å²) in [5.41, 5.74) is 1.22. The van der Waals surface area contributed by atoms with Crippen LogP contribution in [0.4, 0.5) is 0 Å². The molecule has 4 fully saturated rings. The molecule has 0 spiro atoms. The first-order chi connectivity index (χ1) is 14.6. The lowest BCUT2D eigenvalue weighted by Gasteiger charge is -2.60. The first-order valence-corrected chi connectivity index (χ1v) is 13.6. The van der Waals surface area contributed by atoms with Crippen LogP contribution in [-0.4, -0.2) is 20.3 Å². The van der Waals surface area contributed by atoms with Crippen LogP contribution in [0.2, 0.25) is 0 Å². The summed E-state index contributed by atoms with van der Waals surface area (Å²) in [7, 11) is -3.72. The highest BCUT2D eigenvalue weighted by molar-refractivity contribution is 7.86. The van der Waals surface area contributed by atoms with E-state index in [1.165, 1.54) is 6.42 Å². The third-order valence-corrected chi connectivity index (χ3v) is 11.3. The van der Waals surface area contributed by atoms with Gasteiger partial charge in [-0.15, -0.1) is 0 Å². The van der Waals surface area contributed by atoms with Crippen molar-refractivity contribution in [2.24, 2.45) is 34.5 Å². The molecular formula is C26H36O4S. The van der Waals surface area contributed by atoms with Gasteiger partial charge in [-0.3, -0.25) is 8.98 Å². The lowest BCUT2D eigenvalue weighted by molar-refractivity contribution is -0.141. The Labute approximate surface area is 187 Å². The van der Waals surface area contributed by atoms with Gasteiger partial charge in [-0.2, -0.15) is 8.42 Å². The van der Waals surface area contributed by atoms with E-state index in [1.54, 1.807) is 12.1 Å². The molecule has 0 aromatic heterocycles. The van der Waals surface area contributed by atoms with Crippen LogP contribution in [0, 0.1) is 41.4 Å². The van der Waals surface area contributed by atoms with Gasteiger partial charge < -0.3 is 0 Å². The number of hydrogen-bond donors (Lipinski definition) is 0. The number of benzene rings is 1. The molecule has 0 heterocycles. The zero-order chi connectivity index (χ0) is 22.0. The van der Waals surface area contributed by atoms with Crippen LogP contribution in [0.1, 0.15) is 77.2 Å². The molecule has 4 saturated carbocycles. The second-order valence-corrected chi connectivity index (χ2v) is 12.9. The maximum absolute atomic E-state index is 12.8. The predicted molar refractivity (Wildman–Crippen MR) is 120 cm³/mol. The van der Waals surface area contributed by atoms with Gasteiger partial charge in [0.25, 0.3) is 10.1 Å². The smallest absolute Gasteiger partial charge is 0.297 e. The van der Waals surface area contributed by atoms with Crippen molar-refractivity contribution >= 4 is 15.9 Å². The normalized spacial score (nSPS) is 42.5. The Bertz CT molecular complexity index is 968. The highest BCUT2D eigenvalue weighted by atomic mass is 32.2. The molecular weight excluding hydrogens is 408 g/mol. The van der Waals surface area contributed by atoms with Crippen LogP contribution < -0.4 is 0 Å². The van der Waals surface area contributed by atoms with Crippen LogP contribution in [0.15, 0.2) is 29.2 Å². The fraction of sp³-hybridized carbons (Fsp3) is 0.731. The molecule has 0 saturated heterocycles. The molecule has 0 aliphatic heterocycles. The van der Waals surface area contributed by atoms with Gasteiger partial charge in [0.05, 0.1) is 11.0 Å². The van der Waals surface area contributed by atoms with Gasteiger partial charge in [0.15, 0.2) is 0 Å². The number of carbonyl (C=O) groups is 1.